The van der Waals surface area contributed by atoms with Crippen LogP contribution in [0.25, 0.3) is 0 Å². The second-order valence-corrected chi connectivity index (χ2v) is 6.43. The van der Waals surface area contributed by atoms with Crippen LogP contribution in [0.15, 0.2) is 0 Å². The molecular formula is C15H26O2. The van der Waals surface area contributed by atoms with E-state index in [2.05, 4.69) is 13.8 Å². The van der Waals surface area contributed by atoms with Crippen LogP contribution in [-0.4, -0.2) is 24.4 Å². The molecule has 3 fully saturated rings. The molecule has 2 aliphatic carbocycles. The Morgan fingerprint density at radius 3 is 2.18 bits per heavy atom. The Hall–Kier alpha value is -0.0800. The first kappa shape index (κ1) is 12.0. The molecular weight excluding hydrogens is 212 g/mol. The van der Waals surface area contributed by atoms with E-state index in [4.69, 9.17) is 9.47 Å². The maximum atomic E-state index is 6.35. The quantitative estimate of drug-likeness (QED) is 0.695. The molecule has 6 unspecified atom stereocenters. The predicted octanol–water partition coefficient (Wildman–Crippen LogP) is 3.54. The molecule has 2 nitrogen and oxygen atoms in total. The monoisotopic (exact) mass is 238 g/mol. The van der Waals surface area contributed by atoms with E-state index < -0.39 is 0 Å². The molecule has 0 aromatic heterocycles. The van der Waals surface area contributed by atoms with Gasteiger partial charge in [-0.25, -0.2) is 0 Å². The second kappa shape index (κ2) is 4.89. The van der Waals surface area contributed by atoms with Crippen LogP contribution in [0.5, 0.6) is 0 Å². The zero-order valence-corrected chi connectivity index (χ0v) is 11.2. The Morgan fingerprint density at radius 1 is 0.824 bits per heavy atom. The summed E-state index contributed by atoms with van der Waals surface area (Å²) in [4.78, 5) is 0. The van der Waals surface area contributed by atoms with Crippen molar-refractivity contribution >= 4 is 0 Å². The molecule has 1 heterocycles. The van der Waals surface area contributed by atoms with Crippen molar-refractivity contribution in [2.24, 2.45) is 11.8 Å². The van der Waals surface area contributed by atoms with Crippen molar-refractivity contribution in [2.75, 3.05) is 0 Å². The highest BCUT2D eigenvalue weighted by atomic mass is 16.6. The van der Waals surface area contributed by atoms with Gasteiger partial charge in [0, 0.05) is 0 Å². The van der Waals surface area contributed by atoms with Crippen LogP contribution >= 0.6 is 0 Å². The third-order valence-electron chi connectivity index (χ3n) is 5.11. The van der Waals surface area contributed by atoms with Gasteiger partial charge in [-0.3, -0.25) is 0 Å². The summed E-state index contributed by atoms with van der Waals surface area (Å²) in [6.45, 7) is 4.65. The molecule has 0 spiro atoms. The lowest BCUT2D eigenvalue weighted by molar-refractivity contribution is -0.247. The molecule has 3 aliphatic rings. The Labute approximate surface area is 105 Å². The molecule has 98 valence electrons. The Bertz CT molecular complexity index is 266. The van der Waals surface area contributed by atoms with E-state index in [1.807, 2.05) is 0 Å². The molecule has 2 saturated carbocycles. The number of hydrogen-bond acceptors (Lipinski definition) is 2. The van der Waals surface area contributed by atoms with E-state index >= 15 is 0 Å². The summed E-state index contributed by atoms with van der Waals surface area (Å²) in [6, 6.07) is 0. The lowest BCUT2D eigenvalue weighted by Crippen LogP contribution is -2.53. The molecule has 0 radical (unpaired) electrons. The number of rotatable bonds is 1. The number of hydrogen-bond donors (Lipinski definition) is 0. The van der Waals surface area contributed by atoms with Crippen molar-refractivity contribution in [1.29, 1.82) is 0 Å². The van der Waals surface area contributed by atoms with Gasteiger partial charge in [-0.1, -0.05) is 20.3 Å². The molecule has 0 aromatic carbocycles. The summed E-state index contributed by atoms with van der Waals surface area (Å²) < 4.78 is 12.7. The van der Waals surface area contributed by atoms with Crippen molar-refractivity contribution in [1.82, 2.24) is 0 Å². The summed E-state index contributed by atoms with van der Waals surface area (Å²) in [6.07, 6.45) is 10.5. The van der Waals surface area contributed by atoms with Crippen LogP contribution < -0.4 is 0 Å². The van der Waals surface area contributed by atoms with E-state index in [9.17, 15) is 0 Å². The largest absolute Gasteiger partial charge is 0.370 e. The number of ether oxygens (including phenoxy) is 2. The summed E-state index contributed by atoms with van der Waals surface area (Å²) in [7, 11) is 0. The fourth-order valence-corrected chi connectivity index (χ4v) is 3.90. The number of fused-ring (bicyclic) bond motifs is 2. The lowest BCUT2D eigenvalue weighted by atomic mass is 9.80. The van der Waals surface area contributed by atoms with Gasteiger partial charge in [-0.2, -0.15) is 0 Å². The first-order chi connectivity index (χ1) is 8.26. The molecule has 3 rings (SSSR count). The SMILES string of the molecule is CCC1CCC2OC3CC(C)CCC3OC2C1. The van der Waals surface area contributed by atoms with Crippen LogP contribution in [0, 0.1) is 11.8 Å². The Morgan fingerprint density at radius 2 is 1.47 bits per heavy atom. The van der Waals surface area contributed by atoms with Gasteiger partial charge in [0.25, 0.3) is 0 Å². The van der Waals surface area contributed by atoms with Gasteiger partial charge in [0.2, 0.25) is 0 Å². The third kappa shape index (κ3) is 2.39. The highest BCUT2D eigenvalue weighted by Crippen LogP contribution is 2.40. The van der Waals surface area contributed by atoms with Gasteiger partial charge in [0.05, 0.1) is 24.4 Å². The van der Waals surface area contributed by atoms with Crippen LogP contribution in [0.3, 0.4) is 0 Å². The average molecular weight is 238 g/mol. The van der Waals surface area contributed by atoms with Gasteiger partial charge in [0.15, 0.2) is 0 Å². The molecule has 17 heavy (non-hydrogen) atoms. The molecule has 1 saturated heterocycles. The predicted molar refractivity (Wildman–Crippen MR) is 68.0 cm³/mol. The molecule has 0 amide bonds. The van der Waals surface area contributed by atoms with E-state index in [1.54, 1.807) is 0 Å². The smallest absolute Gasteiger partial charge is 0.0844 e. The highest BCUT2D eigenvalue weighted by molar-refractivity contribution is 4.91. The second-order valence-electron chi connectivity index (χ2n) is 6.43. The van der Waals surface area contributed by atoms with Crippen LogP contribution in [0.2, 0.25) is 0 Å². The van der Waals surface area contributed by atoms with Gasteiger partial charge in [-0.05, 0) is 50.4 Å². The minimum absolute atomic E-state index is 0.401. The maximum Gasteiger partial charge on any atom is 0.0844 e. The fraction of sp³-hybridized carbons (Fsp3) is 1.00. The summed E-state index contributed by atoms with van der Waals surface area (Å²) >= 11 is 0. The van der Waals surface area contributed by atoms with Crippen molar-refractivity contribution in [2.45, 2.75) is 83.2 Å². The summed E-state index contributed by atoms with van der Waals surface area (Å²) in [5.74, 6) is 1.70. The zero-order valence-electron chi connectivity index (χ0n) is 11.2. The molecule has 1 aliphatic heterocycles. The van der Waals surface area contributed by atoms with Crippen molar-refractivity contribution in [3.05, 3.63) is 0 Å². The van der Waals surface area contributed by atoms with E-state index in [0.717, 1.165) is 11.8 Å². The zero-order chi connectivity index (χ0) is 11.8. The third-order valence-corrected chi connectivity index (χ3v) is 5.11. The molecule has 6 atom stereocenters. The standard InChI is InChI=1S/C15H26O2/c1-3-11-5-7-13-15(9-11)17-12-6-4-10(2)8-14(12)16-13/h10-15H,3-9H2,1-2H3. The summed E-state index contributed by atoms with van der Waals surface area (Å²) in [5, 5.41) is 0. The maximum absolute atomic E-state index is 6.35. The summed E-state index contributed by atoms with van der Waals surface area (Å²) in [5.41, 5.74) is 0. The van der Waals surface area contributed by atoms with Gasteiger partial charge in [-0.15, -0.1) is 0 Å². The molecule has 0 N–H and O–H groups in total. The first-order valence-corrected chi connectivity index (χ1v) is 7.57. The van der Waals surface area contributed by atoms with Gasteiger partial charge >= 0.3 is 0 Å². The average Bonchev–Trinajstić information content (AvgIpc) is 2.35. The lowest BCUT2D eigenvalue weighted by Gasteiger charge is -2.48. The van der Waals surface area contributed by atoms with Gasteiger partial charge in [0.1, 0.15) is 0 Å². The van der Waals surface area contributed by atoms with Gasteiger partial charge < -0.3 is 9.47 Å². The molecule has 2 heteroatoms. The van der Waals surface area contributed by atoms with Crippen molar-refractivity contribution < 1.29 is 9.47 Å². The van der Waals surface area contributed by atoms with Crippen LogP contribution in [0.1, 0.15) is 58.8 Å². The highest BCUT2D eigenvalue weighted by Gasteiger charge is 2.43. The topological polar surface area (TPSA) is 18.5 Å². The van der Waals surface area contributed by atoms with E-state index in [0.29, 0.717) is 24.4 Å². The minimum Gasteiger partial charge on any atom is -0.370 e. The normalized spacial score (nSPS) is 50.5. The van der Waals surface area contributed by atoms with Crippen molar-refractivity contribution in [3.63, 3.8) is 0 Å². The molecule has 0 bridgehead atoms. The fourth-order valence-electron chi connectivity index (χ4n) is 3.90. The van der Waals surface area contributed by atoms with E-state index in [1.165, 1.54) is 44.9 Å². The van der Waals surface area contributed by atoms with Crippen LogP contribution in [-0.2, 0) is 9.47 Å². The molecule has 0 aromatic rings. The first-order valence-electron chi connectivity index (χ1n) is 7.57. The van der Waals surface area contributed by atoms with Crippen molar-refractivity contribution in [3.8, 4) is 0 Å². The minimum atomic E-state index is 0.401. The Kier molecular flexibility index (Phi) is 3.45. The van der Waals surface area contributed by atoms with E-state index in [-0.39, 0.29) is 0 Å². The Balaban J connectivity index is 1.64. The van der Waals surface area contributed by atoms with Crippen LogP contribution in [0.4, 0.5) is 0 Å².